The van der Waals surface area contributed by atoms with Gasteiger partial charge in [-0.1, -0.05) is 23.7 Å². The monoisotopic (exact) mass is 388 g/mol. The van der Waals surface area contributed by atoms with E-state index in [0.29, 0.717) is 17.3 Å². The third-order valence-corrected chi connectivity index (χ3v) is 3.43. The molecule has 0 amide bonds. The van der Waals surface area contributed by atoms with E-state index in [1.54, 1.807) is 18.2 Å². The summed E-state index contributed by atoms with van der Waals surface area (Å²) in [5.41, 5.74) is 1.56. The predicted molar refractivity (Wildman–Crippen MR) is 84.6 cm³/mol. The Kier molecular flexibility index (Phi) is 4.60. The van der Waals surface area contributed by atoms with E-state index in [0.717, 1.165) is 9.13 Å². The van der Waals surface area contributed by atoms with Crippen LogP contribution in [0, 0.1) is 13.7 Å². The van der Waals surface area contributed by atoms with Gasteiger partial charge in [-0.2, -0.15) is 0 Å². The number of rotatable bonds is 4. The number of hydrogen-bond donors (Lipinski definition) is 1. The van der Waals surface area contributed by atoms with Crippen LogP contribution in [-0.2, 0) is 6.54 Å². The Morgan fingerprint density at radius 3 is 2.74 bits per heavy atom. The number of halogens is 2. The second-order valence-corrected chi connectivity index (χ2v) is 5.58. The Morgan fingerprint density at radius 2 is 2.05 bits per heavy atom. The summed E-state index contributed by atoms with van der Waals surface area (Å²) < 4.78 is 0.831. The van der Waals surface area contributed by atoms with Crippen molar-refractivity contribution >= 4 is 45.6 Å². The molecule has 6 heteroatoms. The van der Waals surface area contributed by atoms with E-state index in [1.165, 1.54) is 0 Å². The third kappa shape index (κ3) is 3.81. The van der Waals surface area contributed by atoms with Crippen LogP contribution in [0.1, 0.15) is 5.56 Å². The molecule has 0 radical (unpaired) electrons. The quantitative estimate of drug-likeness (QED) is 0.478. The molecule has 0 saturated heterocycles. The number of nitro groups is 1. The molecular formula is C13H10ClIN2O2. The number of nitrogens with one attached hydrogen (secondary N) is 1. The molecule has 2 rings (SSSR count). The number of anilines is 1. The SMILES string of the molecule is O=[N+]([O-])c1cc(I)ccc1NCc1cccc(Cl)c1. The van der Waals surface area contributed by atoms with Gasteiger partial charge in [0.15, 0.2) is 0 Å². The first-order chi connectivity index (χ1) is 9.06. The van der Waals surface area contributed by atoms with Crippen LogP contribution in [0.3, 0.4) is 0 Å². The van der Waals surface area contributed by atoms with Gasteiger partial charge in [-0.15, -0.1) is 0 Å². The van der Waals surface area contributed by atoms with Crippen LogP contribution in [0.5, 0.6) is 0 Å². The van der Waals surface area contributed by atoms with E-state index in [1.807, 2.05) is 24.3 Å². The summed E-state index contributed by atoms with van der Waals surface area (Å²) in [6.45, 7) is 0.488. The van der Waals surface area contributed by atoms with Gasteiger partial charge < -0.3 is 5.32 Å². The largest absolute Gasteiger partial charge is 0.375 e. The summed E-state index contributed by atoms with van der Waals surface area (Å²) in [6.07, 6.45) is 0. The highest BCUT2D eigenvalue weighted by Gasteiger charge is 2.13. The Bertz CT molecular complexity index is 619. The van der Waals surface area contributed by atoms with Crippen LogP contribution in [-0.4, -0.2) is 4.92 Å². The van der Waals surface area contributed by atoms with Crippen molar-refractivity contribution in [3.05, 3.63) is 66.7 Å². The Hall–Kier alpha value is -1.34. The number of benzene rings is 2. The van der Waals surface area contributed by atoms with Gasteiger partial charge in [-0.25, -0.2) is 0 Å². The lowest BCUT2D eigenvalue weighted by Gasteiger charge is -2.07. The van der Waals surface area contributed by atoms with Gasteiger partial charge in [0.2, 0.25) is 0 Å². The molecule has 0 unspecified atom stereocenters. The molecule has 0 aliphatic heterocycles. The molecule has 0 fully saturated rings. The molecule has 2 aromatic carbocycles. The van der Waals surface area contributed by atoms with Gasteiger partial charge in [-0.3, -0.25) is 10.1 Å². The number of nitro benzene ring substituents is 1. The Morgan fingerprint density at radius 1 is 1.26 bits per heavy atom. The van der Waals surface area contributed by atoms with Crippen LogP contribution in [0.2, 0.25) is 5.02 Å². The fourth-order valence-electron chi connectivity index (χ4n) is 1.65. The second-order valence-electron chi connectivity index (χ2n) is 3.90. The summed E-state index contributed by atoms with van der Waals surface area (Å²) in [5.74, 6) is 0. The lowest BCUT2D eigenvalue weighted by Crippen LogP contribution is -2.02. The van der Waals surface area contributed by atoms with E-state index >= 15 is 0 Å². The molecule has 4 nitrogen and oxygen atoms in total. The molecular weight excluding hydrogens is 379 g/mol. The maximum absolute atomic E-state index is 11.0. The van der Waals surface area contributed by atoms with Crippen molar-refractivity contribution < 1.29 is 4.92 Å². The molecule has 19 heavy (non-hydrogen) atoms. The maximum atomic E-state index is 11.0. The highest BCUT2D eigenvalue weighted by atomic mass is 127. The Labute approximate surface area is 129 Å². The summed E-state index contributed by atoms with van der Waals surface area (Å²) in [7, 11) is 0. The van der Waals surface area contributed by atoms with Crippen LogP contribution in [0.4, 0.5) is 11.4 Å². The van der Waals surface area contributed by atoms with Crippen molar-refractivity contribution in [3.8, 4) is 0 Å². The third-order valence-electron chi connectivity index (χ3n) is 2.53. The van der Waals surface area contributed by atoms with E-state index in [9.17, 15) is 10.1 Å². The van der Waals surface area contributed by atoms with E-state index in [-0.39, 0.29) is 10.6 Å². The van der Waals surface area contributed by atoms with Gasteiger partial charge in [0.05, 0.1) is 4.92 Å². The van der Waals surface area contributed by atoms with Crippen LogP contribution in [0.25, 0.3) is 0 Å². The predicted octanol–water partition coefficient (Wildman–Crippen LogP) is 4.46. The van der Waals surface area contributed by atoms with Crippen molar-refractivity contribution in [2.24, 2.45) is 0 Å². The highest BCUT2D eigenvalue weighted by Crippen LogP contribution is 2.26. The molecule has 98 valence electrons. The fourth-order valence-corrected chi connectivity index (χ4v) is 2.34. The first-order valence-corrected chi connectivity index (χ1v) is 6.94. The molecule has 1 N–H and O–H groups in total. The molecule has 0 aromatic heterocycles. The van der Waals surface area contributed by atoms with Crippen LogP contribution < -0.4 is 5.32 Å². The average Bonchev–Trinajstić information content (AvgIpc) is 2.37. The van der Waals surface area contributed by atoms with E-state index in [2.05, 4.69) is 27.9 Å². The fraction of sp³-hybridized carbons (Fsp3) is 0.0769. The summed E-state index contributed by atoms with van der Waals surface area (Å²) in [4.78, 5) is 10.6. The molecule has 2 aromatic rings. The first kappa shape index (κ1) is 14.1. The summed E-state index contributed by atoms with van der Waals surface area (Å²) in [5, 5.41) is 14.7. The molecule has 0 heterocycles. The van der Waals surface area contributed by atoms with E-state index < -0.39 is 0 Å². The van der Waals surface area contributed by atoms with Gasteiger partial charge in [0, 0.05) is 21.2 Å². The van der Waals surface area contributed by atoms with Gasteiger partial charge in [0.1, 0.15) is 5.69 Å². The van der Waals surface area contributed by atoms with Gasteiger partial charge >= 0.3 is 0 Å². The van der Waals surface area contributed by atoms with Crippen molar-refractivity contribution in [2.45, 2.75) is 6.54 Å². The van der Waals surface area contributed by atoms with Crippen molar-refractivity contribution in [3.63, 3.8) is 0 Å². The lowest BCUT2D eigenvalue weighted by molar-refractivity contribution is -0.384. The zero-order chi connectivity index (χ0) is 13.8. The molecule has 0 bridgehead atoms. The number of hydrogen-bond acceptors (Lipinski definition) is 3. The minimum absolute atomic E-state index is 0.0777. The van der Waals surface area contributed by atoms with E-state index in [4.69, 9.17) is 11.6 Å². The van der Waals surface area contributed by atoms with Gasteiger partial charge in [-0.05, 0) is 52.4 Å². The summed E-state index contributed by atoms with van der Waals surface area (Å²) >= 11 is 7.94. The molecule has 0 spiro atoms. The minimum atomic E-state index is -0.386. The standard InChI is InChI=1S/C13H10ClIN2O2/c14-10-3-1-2-9(6-10)8-16-12-5-4-11(15)7-13(12)17(18)19/h1-7,16H,8H2. The highest BCUT2D eigenvalue weighted by molar-refractivity contribution is 14.1. The zero-order valence-corrected chi connectivity index (χ0v) is 12.7. The molecule has 0 aliphatic rings. The van der Waals surface area contributed by atoms with Gasteiger partial charge in [0.25, 0.3) is 5.69 Å². The van der Waals surface area contributed by atoms with Crippen LogP contribution in [0.15, 0.2) is 42.5 Å². The molecule has 0 saturated carbocycles. The second kappa shape index (κ2) is 6.21. The average molecular weight is 389 g/mol. The number of nitrogens with zero attached hydrogens (tertiary/aromatic N) is 1. The van der Waals surface area contributed by atoms with Crippen LogP contribution >= 0.6 is 34.2 Å². The van der Waals surface area contributed by atoms with Crippen molar-refractivity contribution in [1.29, 1.82) is 0 Å². The zero-order valence-electron chi connectivity index (χ0n) is 9.77. The molecule has 0 aliphatic carbocycles. The van der Waals surface area contributed by atoms with Crippen molar-refractivity contribution in [2.75, 3.05) is 5.32 Å². The topological polar surface area (TPSA) is 55.2 Å². The maximum Gasteiger partial charge on any atom is 0.293 e. The van der Waals surface area contributed by atoms with Crippen molar-refractivity contribution in [1.82, 2.24) is 0 Å². The molecule has 0 atom stereocenters. The minimum Gasteiger partial charge on any atom is -0.375 e. The first-order valence-electron chi connectivity index (χ1n) is 5.48. The lowest BCUT2D eigenvalue weighted by atomic mass is 10.2. The Balaban J connectivity index is 2.17. The normalized spacial score (nSPS) is 10.2. The smallest absolute Gasteiger partial charge is 0.293 e. The summed E-state index contributed by atoms with van der Waals surface area (Å²) in [6, 6.07) is 12.5.